The third kappa shape index (κ3) is 4.58. The summed E-state index contributed by atoms with van der Waals surface area (Å²) in [5.74, 6) is -0.731. The predicted octanol–water partition coefficient (Wildman–Crippen LogP) is 1.07. The Morgan fingerprint density at radius 2 is 2.00 bits per heavy atom. The van der Waals surface area contributed by atoms with Crippen LogP contribution >= 0.6 is 0 Å². The quantitative estimate of drug-likeness (QED) is 0.733. The summed E-state index contributed by atoms with van der Waals surface area (Å²) in [5.41, 5.74) is 0. The van der Waals surface area contributed by atoms with Crippen molar-refractivity contribution in [1.29, 1.82) is 0 Å². The molecule has 2 rings (SSSR count). The molecule has 0 aromatic carbocycles. The molecule has 0 fully saturated rings. The molecule has 0 aliphatic rings. The first-order chi connectivity index (χ1) is 11.5. The number of aliphatic carboxylic acids is 1. The fourth-order valence-electron chi connectivity index (χ4n) is 2.01. The number of hydrogen-bond acceptors (Lipinski definition) is 7. The van der Waals surface area contributed by atoms with Gasteiger partial charge in [-0.3, -0.25) is 4.79 Å². The van der Waals surface area contributed by atoms with Crippen LogP contribution in [0.1, 0.15) is 32.6 Å². The number of nitrogens with zero attached hydrogens (tertiary/aromatic N) is 4. The Kier molecular flexibility index (Phi) is 5.94. The van der Waals surface area contributed by atoms with E-state index in [4.69, 9.17) is 9.63 Å². The third-order valence-electron chi connectivity index (χ3n) is 3.60. The Morgan fingerprint density at radius 1 is 1.29 bits per heavy atom. The molecule has 2 aromatic heterocycles. The van der Waals surface area contributed by atoms with E-state index in [1.54, 1.807) is 25.4 Å². The summed E-state index contributed by atoms with van der Waals surface area (Å²) in [6, 6.07) is 0.767. The van der Waals surface area contributed by atoms with Gasteiger partial charge in [-0.15, -0.1) is 0 Å². The Hall–Kier alpha value is -2.84. The summed E-state index contributed by atoms with van der Waals surface area (Å²) >= 11 is 0. The van der Waals surface area contributed by atoms with E-state index in [2.05, 4.69) is 25.4 Å². The van der Waals surface area contributed by atoms with E-state index in [0.29, 0.717) is 12.2 Å². The first-order valence-electron chi connectivity index (χ1n) is 7.63. The molecular weight excluding hydrogens is 314 g/mol. The van der Waals surface area contributed by atoms with Crippen LogP contribution in [0, 0.1) is 5.92 Å². The maximum atomic E-state index is 11.9. The minimum absolute atomic E-state index is 0.0531. The molecule has 0 unspecified atom stereocenters. The molecular formula is C15H19N5O4. The third-order valence-corrected chi connectivity index (χ3v) is 3.60. The number of carboxylic acid groups (broad SMARTS) is 1. The van der Waals surface area contributed by atoms with Gasteiger partial charge < -0.3 is 14.9 Å². The molecule has 1 amide bonds. The van der Waals surface area contributed by atoms with Crippen molar-refractivity contribution in [2.45, 2.75) is 39.2 Å². The van der Waals surface area contributed by atoms with Crippen LogP contribution in [0.4, 0.5) is 0 Å². The minimum Gasteiger partial charge on any atom is -0.480 e. The lowest BCUT2D eigenvalue weighted by molar-refractivity contribution is -0.143. The van der Waals surface area contributed by atoms with E-state index >= 15 is 0 Å². The highest BCUT2D eigenvalue weighted by Crippen LogP contribution is 2.11. The highest BCUT2D eigenvalue weighted by atomic mass is 16.5. The maximum absolute atomic E-state index is 11.9. The smallest absolute Gasteiger partial charge is 0.326 e. The lowest BCUT2D eigenvalue weighted by atomic mass is 9.99. The summed E-state index contributed by atoms with van der Waals surface area (Å²) in [6.07, 6.45) is 4.04. The van der Waals surface area contributed by atoms with Gasteiger partial charge in [0.15, 0.2) is 0 Å². The summed E-state index contributed by atoms with van der Waals surface area (Å²) < 4.78 is 5.05. The van der Waals surface area contributed by atoms with Crippen LogP contribution in [-0.2, 0) is 16.0 Å². The molecule has 9 nitrogen and oxygen atoms in total. The van der Waals surface area contributed by atoms with E-state index in [1.807, 2.05) is 6.92 Å². The molecule has 0 bridgehead atoms. The van der Waals surface area contributed by atoms with E-state index in [0.717, 1.165) is 0 Å². The molecule has 2 atom stereocenters. The molecule has 9 heteroatoms. The number of aromatic nitrogens is 4. The molecule has 0 spiro atoms. The number of aryl methyl sites for hydroxylation is 1. The summed E-state index contributed by atoms with van der Waals surface area (Å²) in [4.78, 5) is 35.3. The molecule has 0 saturated heterocycles. The zero-order valence-corrected chi connectivity index (χ0v) is 13.5. The molecule has 0 saturated carbocycles. The van der Waals surface area contributed by atoms with Crippen LogP contribution in [0.5, 0.6) is 0 Å². The average Bonchev–Trinajstić information content (AvgIpc) is 3.06. The van der Waals surface area contributed by atoms with E-state index in [1.165, 1.54) is 0 Å². The lowest BCUT2D eigenvalue weighted by Gasteiger charge is -2.19. The predicted molar refractivity (Wildman–Crippen MR) is 82.7 cm³/mol. The SMILES string of the molecule is CC[C@H](C)[C@H](NC(=O)CCc1nc(-c2ncccn2)no1)C(=O)O. The van der Waals surface area contributed by atoms with Gasteiger partial charge in [0.05, 0.1) is 0 Å². The number of carboxylic acids is 1. The van der Waals surface area contributed by atoms with Crippen LogP contribution in [0.2, 0.25) is 0 Å². The van der Waals surface area contributed by atoms with E-state index < -0.39 is 12.0 Å². The molecule has 2 heterocycles. The second-order valence-corrected chi connectivity index (χ2v) is 5.35. The molecule has 128 valence electrons. The first-order valence-corrected chi connectivity index (χ1v) is 7.63. The number of carbonyl (C=O) groups is 2. The molecule has 2 N–H and O–H groups in total. The van der Waals surface area contributed by atoms with Gasteiger partial charge in [0.25, 0.3) is 0 Å². The van der Waals surface area contributed by atoms with E-state index in [9.17, 15) is 9.59 Å². The van der Waals surface area contributed by atoms with E-state index in [-0.39, 0.29) is 36.4 Å². The van der Waals surface area contributed by atoms with Crippen molar-refractivity contribution in [3.05, 3.63) is 24.4 Å². The fraction of sp³-hybridized carbons (Fsp3) is 0.467. The van der Waals surface area contributed by atoms with Crippen molar-refractivity contribution in [2.24, 2.45) is 5.92 Å². The molecule has 0 aliphatic carbocycles. The van der Waals surface area contributed by atoms with Crippen LogP contribution in [0.25, 0.3) is 11.6 Å². The van der Waals surface area contributed by atoms with Gasteiger partial charge in [-0.05, 0) is 12.0 Å². The van der Waals surface area contributed by atoms with Crippen molar-refractivity contribution < 1.29 is 19.2 Å². The zero-order chi connectivity index (χ0) is 17.5. The Morgan fingerprint density at radius 3 is 2.62 bits per heavy atom. The highest BCUT2D eigenvalue weighted by molar-refractivity contribution is 5.83. The lowest BCUT2D eigenvalue weighted by Crippen LogP contribution is -2.45. The number of nitrogens with one attached hydrogen (secondary N) is 1. The average molecular weight is 333 g/mol. The topological polar surface area (TPSA) is 131 Å². The fourth-order valence-corrected chi connectivity index (χ4v) is 2.01. The second-order valence-electron chi connectivity index (χ2n) is 5.35. The van der Waals surface area contributed by atoms with Gasteiger partial charge >= 0.3 is 5.97 Å². The Balaban J connectivity index is 1.90. The summed E-state index contributed by atoms with van der Waals surface area (Å²) in [6.45, 7) is 3.65. The summed E-state index contributed by atoms with van der Waals surface area (Å²) in [7, 11) is 0. The normalized spacial score (nSPS) is 13.2. The van der Waals surface area contributed by atoms with Gasteiger partial charge in [-0.2, -0.15) is 4.98 Å². The van der Waals surface area contributed by atoms with Crippen LogP contribution < -0.4 is 5.32 Å². The molecule has 0 radical (unpaired) electrons. The molecule has 0 aliphatic heterocycles. The largest absolute Gasteiger partial charge is 0.480 e. The number of hydrogen-bond donors (Lipinski definition) is 2. The summed E-state index contributed by atoms with van der Waals surface area (Å²) in [5, 5.41) is 15.4. The Labute approximate surface area is 138 Å². The van der Waals surface area contributed by atoms with Crippen LogP contribution in [-0.4, -0.2) is 43.1 Å². The zero-order valence-electron chi connectivity index (χ0n) is 13.5. The molecule has 2 aromatic rings. The number of rotatable bonds is 8. The van der Waals surface area contributed by atoms with Gasteiger partial charge in [0, 0.05) is 25.2 Å². The maximum Gasteiger partial charge on any atom is 0.326 e. The van der Waals surface area contributed by atoms with Gasteiger partial charge in [-0.1, -0.05) is 25.4 Å². The van der Waals surface area contributed by atoms with Crippen molar-refractivity contribution in [1.82, 2.24) is 25.4 Å². The van der Waals surface area contributed by atoms with Gasteiger partial charge in [-0.25, -0.2) is 14.8 Å². The Bertz CT molecular complexity index is 688. The van der Waals surface area contributed by atoms with Crippen molar-refractivity contribution in [3.8, 4) is 11.6 Å². The van der Waals surface area contributed by atoms with Crippen LogP contribution in [0.3, 0.4) is 0 Å². The van der Waals surface area contributed by atoms with Crippen molar-refractivity contribution in [2.75, 3.05) is 0 Å². The first kappa shape index (κ1) is 17.5. The number of amides is 1. The van der Waals surface area contributed by atoms with Crippen molar-refractivity contribution >= 4 is 11.9 Å². The van der Waals surface area contributed by atoms with Gasteiger partial charge in [0.2, 0.25) is 23.4 Å². The number of carbonyl (C=O) groups excluding carboxylic acids is 1. The standard InChI is InChI=1S/C15H19N5O4/c1-3-9(2)12(15(22)23)18-10(21)5-6-11-19-14(20-24-11)13-16-7-4-8-17-13/h4,7-9,12H,3,5-6H2,1-2H3,(H,18,21)(H,22,23)/t9-,12-/m0/s1. The van der Waals surface area contributed by atoms with Gasteiger partial charge in [0.1, 0.15) is 6.04 Å². The van der Waals surface area contributed by atoms with Crippen LogP contribution in [0.15, 0.2) is 23.0 Å². The second kappa shape index (κ2) is 8.14. The monoisotopic (exact) mass is 333 g/mol. The highest BCUT2D eigenvalue weighted by Gasteiger charge is 2.25. The minimum atomic E-state index is -1.04. The molecule has 24 heavy (non-hydrogen) atoms. The van der Waals surface area contributed by atoms with Crippen molar-refractivity contribution in [3.63, 3.8) is 0 Å².